The molecular weight excluding hydrogens is 262 g/mol. The molecule has 0 aliphatic heterocycles. The number of nitrogens with zero attached hydrogens (tertiary/aromatic N) is 3. The highest BCUT2D eigenvalue weighted by Crippen LogP contribution is 2.22. The van der Waals surface area contributed by atoms with Gasteiger partial charge in [0, 0.05) is 17.7 Å². The Balaban J connectivity index is 2.15. The van der Waals surface area contributed by atoms with E-state index in [4.69, 9.17) is 4.74 Å². The van der Waals surface area contributed by atoms with E-state index in [1.54, 1.807) is 0 Å². The molecule has 112 valence electrons. The van der Waals surface area contributed by atoms with Crippen molar-refractivity contribution in [2.75, 3.05) is 14.1 Å². The molecule has 0 fully saturated rings. The molecule has 0 bridgehead atoms. The van der Waals surface area contributed by atoms with Gasteiger partial charge in [-0.25, -0.2) is 0 Å². The predicted molar refractivity (Wildman–Crippen MR) is 85.3 cm³/mol. The molecule has 4 heteroatoms. The van der Waals surface area contributed by atoms with Crippen molar-refractivity contribution in [2.24, 2.45) is 0 Å². The van der Waals surface area contributed by atoms with Gasteiger partial charge < -0.3 is 9.64 Å². The van der Waals surface area contributed by atoms with Gasteiger partial charge in [0.1, 0.15) is 0 Å². The van der Waals surface area contributed by atoms with Crippen molar-refractivity contribution in [3.8, 4) is 17.1 Å². The summed E-state index contributed by atoms with van der Waals surface area (Å²) in [6.45, 7) is 6.13. The summed E-state index contributed by atoms with van der Waals surface area (Å²) in [7, 11) is 4.16. The quantitative estimate of drug-likeness (QED) is 0.842. The van der Waals surface area contributed by atoms with Gasteiger partial charge >= 0.3 is 0 Å². The SMILES string of the molecule is CC(C)Oc1ccc(-c2ccc(C(C)N(C)C)cc2)nn1. The maximum absolute atomic E-state index is 5.50. The molecule has 0 aliphatic rings. The third-order valence-electron chi connectivity index (χ3n) is 3.46. The average Bonchev–Trinajstić information content (AvgIpc) is 2.47. The molecular formula is C17H23N3O. The van der Waals surface area contributed by atoms with Gasteiger partial charge in [-0.2, -0.15) is 0 Å². The smallest absolute Gasteiger partial charge is 0.233 e. The van der Waals surface area contributed by atoms with E-state index in [2.05, 4.69) is 60.4 Å². The van der Waals surface area contributed by atoms with Gasteiger partial charge in [-0.15, -0.1) is 10.2 Å². The van der Waals surface area contributed by atoms with Crippen molar-refractivity contribution in [1.29, 1.82) is 0 Å². The predicted octanol–water partition coefficient (Wildman–Crippen LogP) is 3.55. The fourth-order valence-electron chi connectivity index (χ4n) is 2.01. The maximum atomic E-state index is 5.50. The summed E-state index contributed by atoms with van der Waals surface area (Å²) < 4.78 is 5.50. The minimum atomic E-state index is 0.108. The van der Waals surface area contributed by atoms with Gasteiger partial charge in [-0.1, -0.05) is 24.3 Å². The number of hydrogen-bond acceptors (Lipinski definition) is 4. The zero-order valence-electron chi connectivity index (χ0n) is 13.4. The van der Waals surface area contributed by atoms with Crippen molar-refractivity contribution >= 4 is 0 Å². The normalized spacial score (nSPS) is 12.7. The minimum absolute atomic E-state index is 0.108. The van der Waals surface area contributed by atoms with Crippen molar-refractivity contribution in [1.82, 2.24) is 15.1 Å². The zero-order valence-corrected chi connectivity index (χ0v) is 13.4. The zero-order chi connectivity index (χ0) is 15.4. The van der Waals surface area contributed by atoms with Crippen LogP contribution in [0.1, 0.15) is 32.4 Å². The van der Waals surface area contributed by atoms with Gasteiger partial charge in [0.25, 0.3) is 0 Å². The molecule has 4 nitrogen and oxygen atoms in total. The van der Waals surface area contributed by atoms with Crippen LogP contribution in [0, 0.1) is 0 Å². The Morgan fingerprint density at radius 2 is 1.57 bits per heavy atom. The highest BCUT2D eigenvalue weighted by atomic mass is 16.5. The summed E-state index contributed by atoms with van der Waals surface area (Å²) in [6, 6.07) is 12.6. The summed E-state index contributed by atoms with van der Waals surface area (Å²) in [4.78, 5) is 2.19. The van der Waals surface area contributed by atoms with Crippen molar-refractivity contribution in [3.63, 3.8) is 0 Å². The van der Waals surface area contributed by atoms with Crippen LogP contribution in [0.4, 0.5) is 0 Å². The van der Waals surface area contributed by atoms with E-state index in [-0.39, 0.29) is 6.10 Å². The summed E-state index contributed by atoms with van der Waals surface area (Å²) in [5.41, 5.74) is 3.21. The van der Waals surface area contributed by atoms with E-state index < -0.39 is 0 Å². The van der Waals surface area contributed by atoms with Crippen LogP contribution in [0.3, 0.4) is 0 Å². The standard InChI is InChI=1S/C17H23N3O/c1-12(2)21-17-11-10-16(18-19-17)15-8-6-14(7-9-15)13(3)20(4)5/h6-13H,1-5H3. The van der Waals surface area contributed by atoms with E-state index in [1.807, 2.05) is 26.0 Å². The van der Waals surface area contributed by atoms with Crippen LogP contribution in [0.5, 0.6) is 5.88 Å². The van der Waals surface area contributed by atoms with Gasteiger partial charge in [0.05, 0.1) is 11.8 Å². The maximum Gasteiger partial charge on any atom is 0.233 e. The molecule has 1 atom stereocenters. The summed E-state index contributed by atoms with van der Waals surface area (Å²) in [6.07, 6.45) is 0.108. The third-order valence-corrected chi connectivity index (χ3v) is 3.46. The number of rotatable bonds is 5. The van der Waals surface area contributed by atoms with E-state index >= 15 is 0 Å². The molecule has 0 saturated carbocycles. The summed E-state index contributed by atoms with van der Waals surface area (Å²) in [5.74, 6) is 0.562. The molecule has 0 aliphatic carbocycles. The van der Waals surface area contributed by atoms with Crippen molar-refractivity contribution in [3.05, 3.63) is 42.0 Å². The second-order valence-electron chi connectivity index (χ2n) is 5.69. The van der Waals surface area contributed by atoms with E-state index in [0.717, 1.165) is 11.3 Å². The number of benzene rings is 1. The highest BCUT2D eigenvalue weighted by molar-refractivity contribution is 5.59. The molecule has 1 aromatic carbocycles. The fraction of sp³-hybridized carbons (Fsp3) is 0.412. The van der Waals surface area contributed by atoms with Gasteiger partial charge in [0.15, 0.2) is 0 Å². The highest BCUT2D eigenvalue weighted by Gasteiger charge is 2.08. The Bertz CT molecular complexity index is 562. The molecule has 0 N–H and O–H groups in total. The number of aromatic nitrogens is 2. The molecule has 2 aromatic rings. The molecule has 0 saturated heterocycles. The van der Waals surface area contributed by atoms with Crippen LogP contribution in [0.15, 0.2) is 36.4 Å². The Morgan fingerprint density at radius 1 is 0.905 bits per heavy atom. The topological polar surface area (TPSA) is 38.2 Å². The molecule has 0 amide bonds. The second kappa shape index (κ2) is 6.68. The molecule has 1 aromatic heterocycles. The van der Waals surface area contributed by atoms with E-state index in [1.165, 1.54) is 5.56 Å². The Morgan fingerprint density at radius 3 is 2.05 bits per heavy atom. The average molecular weight is 285 g/mol. The lowest BCUT2D eigenvalue weighted by Gasteiger charge is -2.20. The second-order valence-corrected chi connectivity index (χ2v) is 5.69. The molecule has 1 unspecified atom stereocenters. The first-order chi connectivity index (χ1) is 9.97. The Hall–Kier alpha value is -1.94. The molecule has 0 spiro atoms. The van der Waals surface area contributed by atoms with Crippen molar-refractivity contribution in [2.45, 2.75) is 32.9 Å². The van der Waals surface area contributed by atoms with Gasteiger partial charge in [-0.3, -0.25) is 0 Å². The molecule has 0 radical (unpaired) electrons. The van der Waals surface area contributed by atoms with Gasteiger partial charge in [0.2, 0.25) is 5.88 Å². The van der Waals surface area contributed by atoms with Gasteiger partial charge in [-0.05, 0) is 46.5 Å². The monoisotopic (exact) mass is 285 g/mol. The lowest BCUT2D eigenvalue weighted by molar-refractivity contribution is 0.230. The first-order valence-corrected chi connectivity index (χ1v) is 7.24. The minimum Gasteiger partial charge on any atom is -0.474 e. The van der Waals surface area contributed by atoms with Crippen LogP contribution in [0.2, 0.25) is 0 Å². The van der Waals surface area contributed by atoms with E-state index in [9.17, 15) is 0 Å². The molecule has 21 heavy (non-hydrogen) atoms. The summed E-state index contributed by atoms with van der Waals surface area (Å²) >= 11 is 0. The largest absolute Gasteiger partial charge is 0.474 e. The van der Waals surface area contributed by atoms with Crippen LogP contribution >= 0.6 is 0 Å². The van der Waals surface area contributed by atoms with E-state index in [0.29, 0.717) is 11.9 Å². The lowest BCUT2D eigenvalue weighted by atomic mass is 10.0. The summed E-state index contributed by atoms with van der Waals surface area (Å²) in [5, 5.41) is 8.33. The van der Waals surface area contributed by atoms with Crippen LogP contribution < -0.4 is 4.74 Å². The molecule has 2 rings (SSSR count). The number of ether oxygens (including phenoxy) is 1. The fourth-order valence-corrected chi connectivity index (χ4v) is 2.01. The third kappa shape index (κ3) is 4.02. The lowest BCUT2D eigenvalue weighted by Crippen LogP contribution is -2.16. The molecule has 1 heterocycles. The number of hydrogen-bond donors (Lipinski definition) is 0. The first-order valence-electron chi connectivity index (χ1n) is 7.24. The van der Waals surface area contributed by atoms with Crippen LogP contribution in [0.25, 0.3) is 11.3 Å². The van der Waals surface area contributed by atoms with Crippen LogP contribution in [-0.4, -0.2) is 35.3 Å². The van der Waals surface area contributed by atoms with Crippen molar-refractivity contribution < 1.29 is 4.74 Å². The van der Waals surface area contributed by atoms with Crippen LogP contribution in [-0.2, 0) is 0 Å². The first kappa shape index (κ1) is 15.4. The Kier molecular flexibility index (Phi) is 4.91. The Labute approximate surface area is 126 Å².